The van der Waals surface area contributed by atoms with Gasteiger partial charge in [0.2, 0.25) is 5.88 Å². The summed E-state index contributed by atoms with van der Waals surface area (Å²) in [6.45, 7) is 0. The molecule has 0 saturated heterocycles. The Hall–Kier alpha value is -3.72. The molecule has 0 fully saturated rings. The van der Waals surface area contributed by atoms with Crippen molar-refractivity contribution in [2.45, 2.75) is 0 Å². The Morgan fingerprint density at radius 2 is 1.26 bits per heavy atom. The number of para-hydroxylation sites is 1. The van der Waals surface area contributed by atoms with Crippen molar-refractivity contribution in [3.63, 3.8) is 0 Å². The van der Waals surface area contributed by atoms with E-state index in [1.165, 1.54) is 0 Å². The molecule has 0 spiro atoms. The maximum atomic E-state index is 6.32. The van der Waals surface area contributed by atoms with Crippen LogP contribution >= 0.6 is 0 Å². The zero-order valence-electron chi connectivity index (χ0n) is 14.5. The average molecular weight is 348 g/mol. The van der Waals surface area contributed by atoms with Crippen molar-refractivity contribution < 1.29 is 4.74 Å². The molecule has 0 amide bonds. The Labute approximate surface area is 156 Å². The largest absolute Gasteiger partial charge is 0.438 e. The predicted octanol–water partition coefficient (Wildman–Crippen LogP) is 6.24. The van der Waals surface area contributed by atoms with Crippen molar-refractivity contribution in [1.82, 2.24) is 9.97 Å². The monoisotopic (exact) mass is 348 g/mol. The maximum absolute atomic E-state index is 6.32. The highest BCUT2D eigenvalue weighted by Crippen LogP contribution is 2.33. The molecule has 0 aliphatic carbocycles. The Morgan fingerprint density at radius 3 is 2.15 bits per heavy atom. The van der Waals surface area contributed by atoms with Crippen LogP contribution in [0, 0.1) is 0 Å². The van der Waals surface area contributed by atoms with Gasteiger partial charge in [-0.2, -0.15) is 4.98 Å². The smallest absolute Gasteiger partial charge is 0.230 e. The number of benzene rings is 4. The van der Waals surface area contributed by atoms with Crippen molar-refractivity contribution in [3.05, 3.63) is 97.1 Å². The van der Waals surface area contributed by atoms with Crippen molar-refractivity contribution in [3.8, 4) is 23.0 Å². The fraction of sp³-hybridized carbons (Fsp3) is 0. The molecular formula is C24H16N2O. The molecule has 0 aliphatic heterocycles. The second kappa shape index (κ2) is 6.54. The van der Waals surface area contributed by atoms with E-state index in [4.69, 9.17) is 14.7 Å². The molecule has 0 unspecified atom stereocenters. The van der Waals surface area contributed by atoms with Crippen LogP contribution in [0.3, 0.4) is 0 Å². The molecule has 0 N–H and O–H groups in total. The van der Waals surface area contributed by atoms with Gasteiger partial charge in [-0.05, 0) is 23.6 Å². The lowest BCUT2D eigenvalue weighted by molar-refractivity contribution is 0.474. The van der Waals surface area contributed by atoms with Gasteiger partial charge in [0, 0.05) is 10.9 Å². The Bertz CT molecular complexity index is 1240. The molecule has 0 radical (unpaired) electrons. The first kappa shape index (κ1) is 15.5. The molecule has 0 saturated carbocycles. The van der Waals surface area contributed by atoms with Gasteiger partial charge in [-0.3, -0.25) is 0 Å². The topological polar surface area (TPSA) is 35.0 Å². The summed E-state index contributed by atoms with van der Waals surface area (Å²) in [7, 11) is 0. The summed E-state index contributed by atoms with van der Waals surface area (Å²) >= 11 is 0. The lowest BCUT2D eigenvalue weighted by atomic mass is 10.1. The average Bonchev–Trinajstić information content (AvgIpc) is 2.74. The minimum Gasteiger partial charge on any atom is -0.438 e. The van der Waals surface area contributed by atoms with E-state index in [-0.39, 0.29) is 0 Å². The van der Waals surface area contributed by atoms with Crippen LogP contribution in [-0.2, 0) is 0 Å². The van der Waals surface area contributed by atoms with E-state index in [0.29, 0.717) is 11.7 Å². The van der Waals surface area contributed by atoms with E-state index in [2.05, 4.69) is 18.2 Å². The van der Waals surface area contributed by atoms with Crippen LogP contribution in [0.4, 0.5) is 0 Å². The summed E-state index contributed by atoms with van der Waals surface area (Å²) in [4.78, 5) is 9.46. The third kappa shape index (κ3) is 2.89. The van der Waals surface area contributed by atoms with Crippen LogP contribution in [0.1, 0.15) is 0 Å². The number of ether oxygens (including phenoxy) is 1. The fourth-order valence-corrected chi connectivity index (χ4v) is 3.23. The first-order valence-electron chi connectivity index (χ1n) is 8.86. The Kier molecular flexibility index (Phi) is 3.76. The summed E-state index contributed by atoms with van der Waals surface area (Å²) in [6, 6.07) is 32.1. The van der Waals surface area contributed by atoms with Gasteiger partial charge in [0.15, 0.2) is 5.82 Å². The van der Waals surface area contributed by atoms with Crippen LogP contribution in [0.15, 0.2) is 97.1 Å². The number of aromatic nitrogens is 2. The molecule has 0 aliphatic rings. The second-order valence-electron chi connectivity index (χ2n) is 6.31. The number of fused-ring (bicyclic) bond motifs is 2. The van der Waals surface area contributed by atoms with Gasteiger partial charge >= 0.3 is 0 Å². The number of hydrogen-bond acceptors (Lipinski definition) is 3. The van der Waals surface area contributed by atoms with Crippen molar-refractivity contribution in [2.24, 2.45) is 0 Å². The molecule has 27 heavy (non-hydrogen) atoms. The summed E-state index contributed by atoms with van der Waals surface area (Å²) < 4.78 is 6.32. The Balaban J connectivity index is 1.70. The standard InChI is InChI=1S/C24H16N2O/c1-2-10-18(11-3-1)23-25-21-15-7-6-14-20(21)24(26-23)27-22-16-8-12-17-9-4-5-13-19(17)22/h1-16H. The molecule has 5 aromatic rings. The van der Waals surface area contributed by atoms with Crippen LogP contribution in [0.5, 0.6) is 11.6 Å². The van der Waals surface area contributed by atoms with Gasteiger partial charge in [0.25, 0.3) is 0 Å². The van der Waals surface area contributed by atoms with Gasteiger partial charge in [-0.25, -0.2) is 4.98 Å². The van der Waals surface area contributed by atoms with Gasteiger partial charge < -0.3 is 4.74 Å². The summed E-state index contributed by atoms with van der Waals surface area (Å²) in [5.41, 5.74) is 1.83. The highest BCUT2D eigenvalue weighted by Gasteiger charge is 2.12. The molecule has 0 atom stereocenters. The van der Waals surface area contributed by atoms with Crippen molar-refractivity contribution >= 4 is 21.7 Å². The molecule has 0 bridgehead atoms. The highest BCUT2D eigenvalue weighted by molar-refractivity contribution is 5.90. The lowest BCUT2D eigenvalue weighted by Gasteiger charge is -2.12. The number of hydrogen-bond donors (Lipinski definition) is 0. The second-order valence-corrected chi connectivity index (χ2v) is 6.31. The lowest BCUT2D eigenvalue weighted by Crippen LogP contribution is -1.96. The third-order valence-electron chi connectivity index (χ3n) is 4.56. The van der Waals surface area contributed by atoms with Crippen LogP contribution in [0.2, 0.25) is 0 Å². The summed E-state index contributed by atoms with van der Waals surface area (Å²) in [5, 5.41) is 3.09. The van der Waals surface area contributed by atoms with Gasteiger partial charge in [-0.1, -0.05) is 78.9 Å². The zero-order chi connectivity index (χ0) is 18.1. The Morgan fingerprint density at radius 1 is 0.556 bits per heavy atom. The van der Waals surface area contributed by atoms with E-state index in [1.807, 2.05) is 78.9 Å². The molecule has 1 heterocycles. The van der Waals surface area contributed by atoms with E-state index in [9.17, 15) is 0 Å². The van der Waals surface area contributed by atoms with E-state index in [1.54, 1.807) is 0 Å². The molecule has 4 aromatic carbocycles. The van der Waals surface area contributed by atoms with Gasteiger partial charge in [0.1, 0.15) is 5.75 Å². The van der Waals surface area contributed by atoms with Crippen LogP contribution < -0.4 is 4.74 Å². The summed E-state index contributed by atoms with van der Waals surface area (Å²) in [5.74, 6) is 2.01. The van der Waals surface area contributed by atoms with Gasteiger partial charge in [0.05, 0.1) is 10.9 Å². The minimum atomic E-state index is 0.566. The summed E-state index contributed by atoms with van der Waals surface area (Å²) in [6.07, 6.45) is 0. The van der Waals surface area contributed by atoms with E-state index < -0.39 is 0 Å². The van der Waals surface area contributed by atoms with Crippen molar-refractivity contribution in [1.29, 1.82) is 0 Å². The fourth-order valence-electron chi connectivity index (χ4n) is 3.23. The molecule has 3 nitrogen and oxygen atoms in total. The minimum absolute atomic E-state index is 0.566. The quantitative estimate of drug-likeness (QED) is 0.387. The van der Waals surface area contributed by atoms with Gasteiger partial charge in [-0.15, -0.1) is 0 Å². The van der Waals surface area contributed by atoms with Crippen LogP contribution in [0.25, 0.3) is 33.1 Å². The number of nitrogens with zero attached hydrogens (tertiary/aromatic N) is 2. The third-order valence-corrected chi connectivity index (χ3v) is 4.56. The SMILES string of the molecule is c1ccc(-c2nc(Oc3cccc4ccccc34)c3ccccc3n2)cc1. The number of rotatable bonds is 3. The predicted molar refractivity (Wildman–Crippen MR) is 109 cm³/mol. The van der Waals surface area contributed by atoms with Crippen LogP contribution in [-0.4, -0.2) is 9.97 Å². The van der Waals surface area contributed by atoms with E-state index >= 15 is 0 Å². The highest BCUT2D eigenvalue weighted by atomic mass is 16.5. The van der Waals surface area contributed by atoms with Crippen molar-refractivity contribution in [2.75, 3.05) is 0 Å². The first-order chi connectivity index (χ1) is 13.4. The molecule has 1 aromatic heterocycles. The maximum Gasteiger partial charge on any atom is 0.230 e. The normalized spacial score (nSPS) is 11.0. The molecule has 5 rings (SSSR count). The molecule has 3 heteroatoms. The van der Waals surface area contributed by atoms with E-state index in [0.717, 1.165) is 33.0 Å². The first-order valence-corrected chi connectivity index (χ1v) is 8.86. The zero-order valence-corrected chi connectivity index (χ0v) is 14.5. The molecule has 128 valence electrons. The molecular weight excluding hydrogens is 332 g/mol.